The van der Waals surface area contributed by atoms with Crippen molar-refractivity contribution >= 4 is 56.7 Å². The Balaban J connectivity index is 1.21. The molecule has 2 bridgehead atoms. The number of aliphatic hydroxyl groups is 3. The summed E-state index contributed by atoms with van der Waals surface area (Å²) in [5, 5.41) is 55.3. The van der Waals surface area contributed by atoms with Crippen molar-refractivity contribution < 1.29 is 39.5 Å². The maximum Gasteiger partial charge on any atom is 0.322 e. The Hall–Kier alpha value is -4.92. The van der Waals surface area contributed by atoms with E-state index in [-0.39, 0.29) is 43.0 Å². The average molecular weight is 1070 g/mol. The molecule has 1 spiro atoms. The summed E-state index contributed by atoms with van der Waals surface area (Å²) in [4.78, 5) is 46.1. The van der Waals surface area contributed by atoms with Gasteiger partial charge in [0.05, 0.1) is 35.1 Å². The fourth-order valence-corrected chi connectivity index (χ4v) is 15.4. The van der Waals surface area contributed by atoms with E-state index in [4.69, 9.17) is 20.7 Å². The number of aromatic nitrogens is 1. The van der Waals surface area contributed by atoms with E-state index in [1.807, 2.05) is 84.8 Å². The van der Waals surface area contributed by atoms with Crippen molar-refractivity contribution in [3.63, 3.8) is 0 Å². The number of likely N-dealkylation sites (N-methyl/N-ethyl adjacent to an activating group) is 1. The number of hydrogen-bond donors (Lipinski definition) is 6. The molecule has 4 aromatic rings. The lowest BCUT2D eigenvalue weighted by Gasteiger charge is -2.63. The van der Waals surface area contributed by atoms with Crippen LogP contribution in [0.25, 0.3) is 21.3 Å². The fourth-order valence-electron chi connectivity index (χ4n) is 14.7. The maximum atomic E-state index is 15.9. The Kier molecular flexibility index (Phi) is 12.3. The number of aromatic amines is 1. The Morgan fingerprint density at radius 2 is 1.86 bits per heavy atom. The molecule has 372 valence electrons. The highest BCUT2D eigenvalue weighted by atomic mass is 127. The number of halogens is 1. The van der Waals surface area contributed by atoms with E-state index in [9.17, 15) is 20.4 Å². The second-order valence-electron chi connectivity index (χ2n) is 20.7. The molecule has 1 saturated carbocycles. The van der Waals surface area contributed by atoms with Gasteiger partial charge in [-0.1, -0.05) is 61.4 Å². The van der Waals surface area contributed by atoms with Crippen LogP contribution in [0, 0.1) is 14.9 Å². The molecule has 6 aliphatic rings. The molecule has 6 heterocycles. The number of para-hydroxylation sites is 1. The van der Waals surface area contributed by atoms with E-state index in [2.05, 4.69) is 36.9 Å². The van der Waals surface area contributed by atoms with Gasteiger partial charge in [-0.3, -0.25) is 19.4 Å². The highest BCUT2D eigenvalue weighted by Gasteiger charge is 2.79. The van der Waals surface area contributed by atoms with Crippen molar-refractivity contribution in [1.29, 1.82) is 0 Å². The maximum absolute atomic E-state index is 15.9. The molecule has 3 aromatic carbocycles. The summed E-state index contributed by atoms with van der Waals surface area (Å²) in [7, 11) is 4.87. The SMILES string of the molecule is CC[C@]1(O)C[C@H]2CN(CCc3c([nH]c4ccccc34)[C@@](C(=O)OC)(c3cc4c(cc3OC)N(C)[C@H]3[C@@](O)(C(=O)N(CCN)Cc5ccc(N=[N+]=[N-])c(I)c5O)[C@H](O)[C@]5(CC)C=CCN6CC[C@]43[C@@H]65)C2)C1. The number of carbonyl (C=O) groups is 2. The van der Waals surface area contributed by atoms with Crippen LogP contribution in [0.5, 0.6) is 11.5 Å². The summed E-state index contributed by atoms with van der Waals surface area (Å²) in [6.07, 6.45) is 5.28. The monoisotopic (exact) mass is 1070 g/mol. The Morgan fingerprint density at radius 3 is 2.57 bits per heavy atom. The third-order valence-corrected chi connectivity index (χ3v) is 18.6. The van der Waals surface area contributed by atoms with Gasteiger partial charge in [0.25, 0.3) is 5.91 Å². The first kappa shape index (κ1) is 48.7. The predicted octanol–water partition coefficient (Wildman–Crippen LogP) is 5.49. The summed E-state index contributed by atoms with van der Waals surface area (Å²) in [6.45, 7) is 6.95. The number of phenols is 1. The molecule has 10 rings (SSSR count). The highest BCUT2D eigenvalue weighted by molar-refractivity contribution is 14.1. The zero-order valence-electron chi connectivity index (χ0n) is 40.5. The van der Waals surface area contributed by atoms with E-state index in [0.29, 0.717) is 97.4 Å². The summed E-state index contributed by atoms with van der Waals surface area (Å²) in [6, 6.07) is 13.8. The Morgan fingerprint density at radius 1 is 1.07 bits per heavy atom. The van der Waals surface area contributed by atoms with Gasteiger partial charge in [0, 0.05) is 114 Å². The Bertz CT molecular complexity index is 2850. The molecule has 10 atom stereocenters. The fraction of sp³-hybridized carbons (Fsp3) is 0.538. The number of nitrogens with two attached hydrogens (primary N) is 1. The number of hydrogen-bond acceptors (Lipinski definition) is 13. The number of fused-ring (bicyclic) bond motifs is 6. The van der Waals surface area contributed by atoms with Gasteiger partial charge in [-0.25, -0.2) is 0 Å². The highest BCUT2D eigenvalue weighted by Crippen LogP contribution is 2.68. The summed E-state index contributed by atoms with van der Waals surface area (Å²) in [5.41, 5.74) is 13.6. The number of ether oxygens (including phenoxy) is 2. The third kappa shape index (κ3) is 6.73. The van der Waals surface area contributed by atoms with E-state index < -0.39 is 51.5 Å². The van der Waals surface area contributed by atoms with Gasteiger partial charge in [-0.05, 0) is 102 Å². The van der Waals surface area contributed by atoms with Crippen LogP contribution < -0.4 is 15.4 Å². The zero-order chi connectivity index (χ0) is 49.7. The summed E-state index contributed by atoms with van der Waals surface area (Å²) in [5.74, 6) is -1.10. The number of carbonyl (C=O) groups excluding carboxylic acids is 2. The van der Waals surface area contributed by atoms with E-state index in [0.717, 1.165) is 27.7 Å². The first-order valence-electron chi connectivity index (χ1n) is 24.5. The van der Waals surface area contributed by atoms with Crippen LogP contribution >= 0.6 is 22.6 Å². The molecule has 18 heteroatoms. The van der Waals surface area contributed by atoms with Gasteiger partial charge < -0.3 is 50.4 Å². The average Bonchev–Trinajstić information content (AvgIpc) is 4.03. The number of nitrogens with one attached hydrogen (secondary N) is 1. The molecule has 3 fully saturated rings. The van der Waals surface area contributed by atoms with Crippen molar-refractivity contribution in [3.05, 3.63) is 103 Å². The van der Waals surface area contributed by atoms with E-state index in [1.165, 1.54) is 12.0 Å². The van der Waals surface area contributed by atoms with Crippen molar-refractivity contribution in [2.45, 2.75) is 99.1 Å². The number of amides is 1. The number of anilines is 1. The second kappa shape index (κ2) is 17.7. The Labute approximate surface area is 421 Å². The van der Waals surface area contributed by atoms with Crippen LogP contribution in [-0.4, -0.2) is 148 Å². The molecule has 1 amide bonds. The quantitative estimate of drug-likeness (QED) is 0.0273. The van der Waals surface area contributed by atoms with Gasteiger partial charge in [-0.15, -0.1) is 0 Å². The van der Waals surface area contributed by atoms with Gasteiger partial charge in [0.1, 0.15) is 23.0 Å². The number of rotatable bonds is 11. The van der Waals surface area contributed by atoms with Gasteiger partial charge in [0.15, 0.2) is 5.60 Å². The summed E-state index contributed by atoms with van der Waals surface area (Å²) < 4.78 is 12.8. The lowest BCUT2D eigenvalue weighted by atomic mass is 9.47. The van der Waals surface area contributed by atoms with Crippen LogP contribution in [0.1, 0.15) is 73.9 Å². The van der Waals surface area contributed by atoms with Crippen LogP contribution in [0.4, 0.5) is 11.4 Å². The van der Waals surface area contributed by atoms with Gasteiger partial charge >= 0.3 is 5.97 Å². The zero-order valence-corrected chi connectivity index (χ0v) is 42.6. The number of piperidine rings is 1. The standard InChI is InChI=1S/C52H64IN9O8/c1-6-48(67)25-30-26-51(47(66)70-5,42-33(15-20-60(27-30)29-48)32-11-8-9-12-36(32)56-42)35-23-34-38(24-39(35)69-4)59(3)44-50(34)17-21-61-19-10-16-49(7-2,43(50)61)45(64)52(44,68)46(65)62(22-18-54)28-31-13-14-37(57-58-55)40(53)41(31)63/h8-14,16,23-24,30,43-45,56,63-64,67-68H,6-7,15,17-22,25-29,54H2,1-5H3/t30-,43+,44-,45-,48+,49-,50-,51+,52+/m1/s1. The van der Waals surface area contributed by atoms with Crippen molar-refractivity contribution in [2.75, 3.05) is 72.0 Å². The minimum atomic E-state index is -2.47. The molecule has 1 aromatic heterocycles. The minimum Gasteiger partial charge on any atom is -0.506 e. The normalized spacial score (nSPS) is 32.9. The van der Waals surface area contributed by atoms with Crippen molar-refractivity contribution in [2.24, 2.45) is 22.2 Å². The van der Waals surface area contributed by atoms with Crippen molar-refractivity contribution in [3.8, 4) is 11.5 Å². The van der Waals surface area contributed by atoms with Crippen LogP contribution in [0.2, 0.25) is 0 Å². The van der Waals surface area contributed by atoms with Crippen molar-refractivity contribution in [1.82, 2.24) is 19.7 Å². The third-order valence-electron chi connectivity index (χ3n) is 17.6. The number of benzene rings is 3. The molecule has 70 heavy (non-hydrogen) atoms. The number of azide groups is 1. The molecular weight excluding hydrogens is 1010 g/mol. The molecule has 17 nitrogen and oxygen atoms in total. The molecule has 2 saturated heterocycles. The van der Waals surface area contributed by atoms with Crippen LogP contribution in [-0.2, 0) is 38.1 Å². The van der Waals surface area contributed by atoms with E-state index >= 15 is 9.59 Å². The number of aromatic hydroxyl groups is 1. The minimum absolute atomic E-state index is 0.0128. The largest absolute Gasteiger partial charge is 0.506 e. The lowest BCUT2D eigenvalue weighted by molar-refractivity contribution is -0.211. The molecule has 0 radical (unpaired) electrons. The number of aliphatic hydroxyl groups excluding tert-OH is 1. The molecule has 5 aliphatic heterocycles. The first-order valence-corrected chi connectivity index (χ1v) is 25.6. The van der Waals surface area contributed by atoms with Gasteiger partial charge in [0.2, 0.25) is 0 Å². The molecule has 7 N–H and O–H groups in total. The van der Waals surface area contributed by atoms with Gasteiger partial charge in [-0.2, -0.15) is 0 Å². The van der Waals surface area contributed by atoms with Crippen LogP contribution in [0.15, 0.2) is 65.8 Å². The number of phenolic OH excluding ortho intramolecular Hbond substituents is 1. The molecule has 1 aliphatic carbocycles. The first-order chi connectivity index (χ1) is 33.6. The van der Waals surface area contributed by atoms with E-state index in [1.54, 1.807) is 19.2 Å². The number of methoxy groups -OCH3 is 2. The molecular formula is C52H64IN9O8. The second-order valence-corrected chi connectivity index (χ2v) is 21.8. The number of nitrogens with zero attached hydrogens (tertiary/aromatic N) is 7. The van der Waals surface area contributed by atoms with Crippen LogP contribution in [0.3, 0.4) is 0 Å². The molecule has 1 unspecified atom stereocenters. The number of esters is 1. The smallest absolute Gasteiger partial charge is 0.322 e. The predicted molar refractivity (Wildman–Crippen MR) is 273 cm³/mol. The topological polar surface area (TPSA) is 237 Å². The number of H-pyrrole nitrogens is 1. The lowest BCUT2D eigenvalue weighted by Crippen LogP contribution is -2.82. The summed E-state index contributed by atoms with van der Waals surface area (Å²) >= 11 is 1.90.